The maximum Gasteiger partial charge on any atom is 0.225 e. The van der Waals surface area contributed by atoms with E-state index >= 15 is 0 Å². The van der Waals surface area contributed by atoms with Gasteiger partial charge in [0.05, 0.1) is 12.0 Å². The van der Waals surface area contributed by atoms with Gasteiger partial charge in [-0.05, 0) is 19.1 Å². The summed E-state index contributed by atoms with van der Waals surface area (Å²) in [7, 11) is 0. The van der Waals surface area contributed by atoms with Crippen LogP contribution >= 0.6 is 23.4 Å². The normalized spacial score (nSPS) is 26.2. The molecule has 0 saturated carbocycles. The second kappa shape index (κ2) is 5.17. The molecular weight excluding hydrogens is 284 g/mol. The van der Waals surface area contributed by atoms with Crippen LogP contribution < -0.4 is 10.2 Å². The monoisotopic (exact) mass is 298 g/mol. The molecule has 1 aromatic heterocycles. The van der Waals surface area contributed by atoms with Gasteiger partial charge in [0.15, 0.2) is 5.16 Å². The van der Waals surface area contributed by atoms with Crippen molar-refractivity contribution >= 4 is 35.1 Å². The molecule has 0 spiro atoms. The number of hydrogen-bond donors (Lipinski definition) is 1. The number of nitrogens with one attached hydrogen (secondary N) is 1. The summed E-state index contributed by atoms with van der Waals surface area (Å²) in [6.07, 6.45) is 3.89. The van der Waals surface area contributed by atoms with Crippen molar-refractivity contribution in [1.82, 2.24) is 15.3 Å². The Morgan fingerprint density at radius 3 is 3.16 bits per heavy atom. The molecular formula is C12H15ClN4OS. The van der Waals surface area contributed by atoms with Gasteiger partial charge in [0.2, 0.25) is 5.91 Å². The molecule has 2 unspecified atom stereocenters. The van der Waals surface area contributed by atoms with Crippen LogP contribution in [0.4, 0.5) is 5.82 Å². The average molecular weight is 299 g/mol. The van der Waals surface area contributed by atoms with Crippen LogP contribution in [0.2, 0.25) is 5.15 Å². The van der Waals surface area contributed by atoms with E-state index in [1.165, 1.54) is 11.8 Å². The number of anilines is 1. The van der Waals surface area contributed by atoms with Crippen molar-refractivity contribution in [2.24, 2.45) is 5.92 Å². The number of halogens is 1. The summed E-state index contributed by atoms with van der Waals surface area (Å²) >= 11 is 7.52. The van der Waals surface area contributed by atoms with E-state index in [4.69, 9.17) is 11.6 Å². The van der Waals surface area contributed by atoms with E-state index in [0.717, 1.165) is 25.2 Å². The molecule has 3 heterocycles. The Hall–Kier alpha value is -1.01. The lowest BCUT2D eigenvalue weighted by Gasteiger charge is -2.36. The number of rotatable bonds is 2. The van der Waals surface area contributed by atoms with Gasteiger partial charge < -0.3 is 10.2 Å². The third kappa shape index (κ3) is 2.39. The first kappa shape index (κ1) is 13.0. The van der Waals surface area contributed by atoms with E-state index in [1.54, 1.807) is 6.07 Å². The zero-order valence-corrected chi connectivity index (χ0v) is 12.2. The maximum absolute atomic E-state index is 11.8. The molecule has 5 nitrogen and oxygen atoms in total. The fourth-order valence-corrected chi connectivity index (χ4v) is 3.46. The first-order valence-corrected chi connectivity index (χ1v) is 7.92. The molecule has 2 aliphatic heterocycles. The van der Waals surface area contributed by atoms with Crippen LogP contribution in [0.5, 0.6) is 0 Å². The lowest BCUT2D eigenvalue weighted by Crippen LogP contribution is -2.46. The number of amides is 1. The van der Waals surface area contributed by atoms with E-state index in [1.807, 2.05) is 6.26 Å². The minimum absolute atomic E-state index is 0.0835. The Kier molecular flexibility index (Phi) is 3.54. The third-order valence-electron chi connectivity index (χ3n) is 3.74. The van der Waals surface area contributed by atoms with Gasteiger partial charge in [0.1, 0.15) is 11.0 Å². The molecule has 2 atom stereocenters. The second-order valence-electron chi connectivity index (χ2n) is 4.79. The van der Waals surface area contributed by atoms with Crippen molar-refractivity contribution in [3.05, 3.63) is 11.2 Å². The van der Waals surface area contributed by atoms with E-state index in [-0.39, 0.29) is 17.9 Å². The molecule has 0 aliphatic carbocycles. The molecule has 102 valence electrons. The van der Waals surface area contributed by atoms with Crippen LogP contribution in [0.3, 0.4) is 0 Å². The number of thioether (sulfide) groups is 1. The molecule has 0 bridgehead atoms. The highest BCUT2D eigenvalue weighted by Crippen LogP contribution is 2.32. The zero-order valence-electron chi connectivity index (χ0n) is 10.6. The molecule has 0 radical (unpaired) electrons. The van der Waals surface area contributed by atoms with Crippen molar-refractivity contribution in [3.8, 4) is 0 Å². The van der Waals surface area contributed by atoms with Crippen molar-refractivity contribution in [2.45, 2.75) is 24.0 Å². The number of aromatic nitrogens is 2. The topological polar surface area (TPSA) is 58.1 Å². The van der Waals surface area contributed by atoms with Gasteiger partial charge in [-0.3, -0.25) is 4.79 Å². The molecule has 2 saturated heterocycles. The van der Waals surface area contributed by atoms with Gasteiger partial charge in [0, 0.05) is 19.2 Å². The number of hydrogen-bond acceptors (Lipinski definition) is 5. The summed E-state index contributed by atoms with van der Waals surface area (Å²) in [6.45, 7) is 1.61. The van der Waals surface area contributed by atoms with E-state index in [2.05, 4.69) is 20.2 Å². The average Bonchev–Trinajstić information content (AvgIpc) is 2.80. The Bertz CT molecular complexity index is 513. The summed E-state index contributed by atoms with van der Waals surface area (Å²) < 4.78 is 0. The summed E-state index contributed by atoms with van der Waals surface area (Å²) in [5.41, 5.74) is 0. The number of carbonyl (C=O) groups excluding carboxylic acids is 1. The first-order valence-electron chi connectivity index (χ1n) is 6.32. The van der Waals surface area contributed by atoms with Crippen LogP contribution in [0.25, 0.3) is 0 Å². The zero-order chi connectivity index (χ0) is 13.4. The van der Waals surface area contributed by atoms with Crippen LogP contribution in [-0.2, 0) is 4.79 Å². The molecule has 19 heavy (non-hydrogen) atoms. The van der Waals surface area contributed by atoms with Gasteiger partial charge in [0.25, 0.3) is 0 Å². The summed E-state index contributed by atoms with van der Waals surface area (Å²) in [4.78, 5) is 22.6. The second-order valence-corrected chi connectivity index (χ2v) is 5.95. The van der Waals surface area contributed by atoms with Crippen molar-refractivity contribution < 1.29 is 4.79 Å². The van der Waals surface area contributed by atoms with Gasteiger partial charge in [-0.2, -0.15) is 0 Å². The molecule has 7 heteroatoms. The highest BCUT2D eigenvalue weighted by Gasteiger charge is 2.41. The minimum Gasteiger partial charge on any atom is -0.354 e. The Balaban J connectivity index is 1.92. The van der Waals surface area contributed by atoms with E-state index in [9.17, 15) is 4.79 Å². The Labute approximate surface area is 121 Å². The van der Waals surface area contributed by atoms with Crippen LogP contribution in [0, 0.1) is 5.92 Å². The number of fused-ring (bicyclic) bond motifs is 1. The standard InChI is InChI=1S/C12H15ClN4OS/c1-19-12-15-9(13)5-10(16-12)17-4-2-3-7-8(17)6-14-11(7)18/h5,7-8H,2-4,6H2,1H3,(H,14,18). The van der Waals surface area contributed by atoms with Crippen LogP contribution in [-0.4, -0.2) is 41.3 Å². The summed E-state index contributed by atoms with van der Waals surface area (Å²) in [6, 6.07) is 1.98. The molecule has 1 N–H and O–H groups in total. The lowest BCUT2D eigenvalue weighted by molar-refractivity contribution is -0.122. The Morgan fingerprint density at radius 1 is 1.53 bits per heavy atom. The first-order chi connectivity index (χ1) is 9.19. The summed E-state index contributed by atoms with van der Waals surface area (Å²) in [5.74, 6) is 1.08. The number of carbonyl (C=O) groups is 1. The highest BCUT2D eigenvalue weighted by atomic mass is 35.5. The SMILES string of the molecule is CSc1nc(Cl)cc(N2CCCC3C(=O)NCC32)n1. The summed E-state index contributed by atoms with van der Waals surface area (Å²) in [5, 5.41) is 4.06. The largest absolute Gasteiger partial charge is 0.354 e. The molecule has 1 amide bonds. The number of piperidine rings is 1. The molecule has 1 aromatic rings. The maximum atomic E-state index is 11.8. The predicted molar refractivity (Wildman–Crippen MR) is 75.7 cm³/mol. The van der Waals surface area contributed by atoms with E-state index < -0.39 is 0 Å². The fraction of sp³-hybridized carbons (Fsp3) is 0.583. The molecule has 0 aromatic carbocycles. The third-order valence-corrected chi connectivity index (χ3v) is 4.48. The quantitative estimate of drug-likeness (QED) is 0.510. The molecule has 2 fully saturated rings. The smallest absolute Gasteiger partial charge is 0.225 e. The molecule has 2 aliphatic rings. The van der Waals surface area contributed by atoms with Gasteiger partial charge in [-0.1, -0.05) is 23.4 Å². The van der Waals surface area contributed by atoms with Crippen molar-refractivity contribution in [1.29, 1.82) is 0 Å². The van der Waals surface area contributed by atoms with E-state index in [0.29, 0.717) is 16.9 Å². The van der Waals surface area contributed by atoms with Crippen molar-refractivity contribution in [2.75, 3.05) is 24.2 Å². The van der Waals surface area contributed by atoms with Gasteiger partial charge >= 0.3 is 0 Å². The lowest BCUT2D eigenvalue weighted by atomic mass is 9.91. The van der Waals surface area contributed by atoms with Crippen molar-refractivity contribution in [3.63, 3.8) is 0 Å². The van der Waals surface area contributed by atoms with Crippen LogP contribution in [0.15, 0.2) is 11.2 Å². The minimum atomic E-state index is 0.0835. The van der Waals surface area contributed by atoms with Gasteiger partial charge in [-0.25, -0.2) is 9.97 Å². The highest BCUT2D eigenvalue weighted by molar-refractivity contribution is 7.98. The molecule has 3 rings (SSSR count). The van der Waals surface area contributed by atoms with Crippen LogP contribution in [0.1, 0.15) is 12.8 Å². The Morgan fingerprint density at radius 2 is 2.37 bits per heavy atom. The number of nitrogens with zero attached hydrogens (tertiary/aromatic N) is 3. The fourth-order valence-electron chi connectivity index (χ4n) is 2.86. The predicted octanol–water partition coefficient (Wildman–Crippen LogP) is 1.57. The van der Waals surface area contributed by atoms with Gasteiger partial charge in [-0.15, -0.1) is 0 Å².